The van der Waals surface area contributed by atoms with Crippen molar-refractivity contribution in [3.05, 3.63) is 29.3 Å². The highest BCUT2D eigenvalue weighted by atomic mass is 16.5. The first-order chi connectivity index (χ1) is 8.61. The molecule has 2 atom stereocenters. The summed E-state index contributed by atoms with van der Waals surface area (Å²) in [5, 5.41) is 2.74. The third-order valence-electron chi connectivity index (χ3n) is 3.27. The number of nitrogens with two attached hydrogens (primary N) is 1. The molecule has 4 heteroatoms. The zero-order valence-corrected chi connectivity index (χ0v) is 10.9. The second-order valence-corrected chi connectivity index (χ2v) is 4.66. The van der Waals surface area contributed by atoms with Crippen molar-refractivity contribution in [3.8, 4) is 5.75 Å². The molecular formula is C14H20N2O2. The van der Waals surface area contributed by atoms with Crippen LogP contribution in [0.5, 0.6) is 5.75 Å². The van der Waals surface area contributed by atoms with Gasteiger partial charge < -0.3 is 15.8 Å². The topological polar surface area (TPSA) is 64.3 Å². The van der Waals surface area contributed by atoms with Crippen molar-refractivity contribution in [3.63, 3.8) is 0 Å². The van der Waals surface area contributed by atoms with Gasteiger partial charge in [-0.3, -0.25) is 4.79 Å². The van der Waals surface area contributed by atoms with Crippen molar-refractivity contribution >= 4 is 5.91 Å². The summed E-state index contributed by atoms with van der Waals surface area (Å²) in [6.07, 6.45) is 1.51. The Morgan fingerprint density at radius 3 is 3.11 bits per heavy atom. The summed E-state index contributed by atoms with van der Waals surface area (Å²) < 4.78 is 5.64. The maximum Gasteiger partial charge on any atom is 0.260 e. The van der Waals surface area contributed by atoms with E-state index in [1.54, 1.807) is 6.92 Å². The summed E-state index contributed by atoms with van der Waals surface area (Å²) in [5.41, 5.74) is 8.42. The minimum atomic E-state index is -0.474. The molecule has 1 aromatic rings. The van der Waals surface area contributed by atoms with Gasteiger partial charge in [0.2, 0.25) is 0 Å². The Balaban J connectivity index is 2.05. The first-order valence-electron chi connectivity index (χ1n) is 6.44. The average Bonchev–Trinajstić information content (AvgIpc) is 2.71. The van der Waals surface area contributed by atoms with E-state index in [1.807, 2.05) is 25.1 Å². The van der Waals surface area contributed by atoms with Crippen molar-refractivity contribution in [1.82, 2.24) is 5.32 Å². The van der Waals surface area contributed by atoms with Gasteiger partial charge in [-0.1, -0.05) is 6.07 Å². The van der Waals surface area contributed by atoms with E-state index in [0.717, 1.165) is 18.6 Å². The molecule has 4 nitrogen and oxygen atoms in total. The van der Waals surface area contributed by atoms with Crippen LogP contribution in [0.25, 0.3) is 0 Å². The SMILES string of the molecule is CCNC(=O)C(C)Oc1ccc2c(c1)CC[C@H]2N. The second-order valence-electron chi connectivity index (χ2n) is 4.66. The molecule has 0 radical (unpaired) electrons. The van der Waals surface area contributed by atoms with Gasteiger partial charge in [0.25, 0.3) is 5.91 Å². The van der Waals surface area contributed by atoms with Crippen molar-refractivity contribution in [2.45, 2.75) is 38.8 Å². The molecule has 0 saturated carbocycles. The van der Waals surface area contributed by atoms with E-state index in [-0.39, 0.29) is 11.9 Å². The smallest absolute Gasteiger partial charge is 0.260 e. The molecule has 0 fully saturated rings. The van der Waals surface area contributed by atoms with Crippen LogP contribution in [-0.4, -0.2) is 18.6 Å². The van der Waals surface area contributed by atoms with Crippen molar-refractivity contribution < 1.29 is 9.53 Å². The van der Waals surface area contributed by atoms with Gasteiger partial charge in [0, 0.05) is 12.6 Å². The fourth-order valence-corrected chi connectivity index (χ4v) is 2.28. The molecule has 18 heavy (non-hydrogen) atoms. The number of hydrogen-bond donors (Lipinski definition) is 2. The highest BCUT2D eigenvalue weighted by Gasteiger charge is 2.20. The molecule has 1 amide bonds. The quantitative estimate of drug-likeness (QED) is 0.849. The summed E-state index contributed by atoms with van der Waals surface area (Å²) in [7, 11) is 0. The lowest BCUT2D eigenvalue weighted by Gasteiger charge is -2.15. The molecule has 0 spiro atoms. The van der Waals surface area contributed by atoms with Crippen molar-refractivity contribution in [2.75, 3.05) is 6.54 Å². The van der Waals surface area contributed by atoms with Gasteiger partial charge in [0.1, 0.15) is 5.75 Å². The van der Waals surface area contributed by atoms with Crippen molar-refractivity contribution in [2.24, 2.45) is 5.73 Å². The van der Waals surface area contributed by atoms with Crippen LogP contribution in [-0.2, 0) is 11.2 Å². The lowest BCUT2D eigenvalue weighted by atomic mass is 10.1. The molecule has 1 aliphatic carbocycles. The van der Waals surface area contributed by atoms with Gasteiger partial charge in [-0.2, -0.15) is 0 Å². The fourth-order valence-electron chi connectivity index (χ4n) is 2.28. The van der Waals surface area contributed by atoms with E-state index in [1.165, 1.54) is 11.1 Å². The predicted octanol–water partition coefficient (Wildman–Crippen LogP) is 1.54. The molecule has 0 bridgehead atoms. The first kappa shape index (κ1) is 12.9. The molecule has 2 rings (SSSR count). The van der Waals surface area contributed by atoms with Crippen molar-refractivity contribution in [1.29, 1.82) is 0 Å². The van der Waals surface area contributed by atoms with E-state index in [9.17, 15) is 4.79 Å². The molecule has 0 heterocycles. The van der Waals surface area contributed by atoms with Gasteiger partial charge in [-0.05, 0) is 49.9 Å². The van der Waals surface area contributed by atoms with Crippen LogP contribution >= 0.6 is 0 Å². The third kappa shape index (κ3) is 2.64. The Labute approximate surface area is 108 Å². The first-order valence-corrected chi connectivity index (χ1v) is 6.44. The Kier molecular flexibility index (Phi) is 3.87. The van der Waals surface area contributed by atoms with Crippen LogP contribution in [0.1, 0.15) is 37.4 Å². The molecular weight excluding hydrogens is 228 g/mol. The monoisotopic (exact) mass is 248 g/mol. The predicted molar refractivity (Wildman–Crippen MR) is 70.5 cm³/mol. The summed E-state index contributed by atoms with van der Waals surface area (Å²) in [6, 6.07) is 6.04. The number of fused-ring (bicyclic) bond motifs is 1. The summed E-state index contributed by atoms with van der Waals surface area (Å²) >= 11 is 0. The van der Waals surface area contributed by atoms with Crippen LogP contribution in [0, 0.1) is 0 Å². The standard InChI is InChI=1S/C14H20N2O2/c1-3-16-14(17)9(2)18-11-5-6-12-10(8-11)4-7-13(12)15/h5-6,8-9,13H,3-4,7,15H2,1-2H3,(H,16,17)/t9?,13-/m1/s1. The molecule has 98 valence electrons. The lowest BCUT2D eigenvalue weighted by molar-refractivity contribution is -0.127. The summed E-state index contributed by atoms with van der Waals surface area (Å²) in [6.45, 7) is 4.26. The molecule has 1 aliphatic rings. The highest BCUT2D eigenvalue weighted by Crippen LogP contribution is 2.32. The maximum absolute atomic E-state index is 11.6. The molecule has 0 aromatic heterocycles. The van der Waals surface area contributed by atoms with Crippen LogP contribution in [0.3, 0.4) is 0 Å². The van der Waals surface area contributed by atoms with E-state index in [0.29, 0.717) is 6.54 Å². The normalized spacial score (nSPS) is 19.2. The van der Waals surface area contributed by atoms with Crippen LogP contribution in [0.2, 0.25) is 0 Å². The van der Waals surface area contributed by atoms with Gasteiger partial charge in [0.05, 0.1) is 0 Å². The zero-order chi connectivity index (χ0) is 13.1. The number of carbonyl (C=O) groups is 1. The zero-order valence-electron chi connectivity index (χ0n) is 10.9. The Morgan fingerprint density at radius 1 is 1.61 bits per heavy atom. The average molecular weight is 248 g/mol. The van der Waals surface area contributed by atoms with E-state index in [2.05, 4.69) is 5.32 Å². The lowest BCUT2D eigenvalue weighted by Crippen LogP contribution is -2.36. The molecule has 0 aliphatic heterocycles. The Morgan fingerprint density at radius 2 is 2.39 bits per heavy atom. The Bertz CT molecular complexity index is 445. The molecule has 1 unspecified atom stereocenters. The van der Waals surface area contributed by atoms with Gasteiger partial charge >= 0.3 is 0 Å². The summed E-state index contributed by atoms with van der Waals surface area (Å²) in [4.78, 5) is 11.6. The van der Waals surface area contributed by atoms with Gasteiger partial charge in [0.15, 0.2) is 6.10 Å². The van der Waals surface area contributed by atoms with Gasteiger partial charge in [-0.15, -0.1) is 0 Å². The minimum absolute atomic E-state index is 0.0882. The van der Waals surface area contributed by atoms with Gasteiger partial charge in [-0.25, -0.2) is 0 Å². The van der Waals surface area contributed by atoms with Crippen LogP contribution < -0.4 is 15.8 Å². The number of hydrogen-bond acceptors (Lipinski definition) is 3. The molecule has 1 aromatic carbocycles. The van der Waals surface area contributed by atoms with Crippen LogP contribution in [0.4, 0.5) is 0 Å². The minimum Gasteiger partial charge on any atom is -0.481 e. The number of amides is 1. The summed E-state index contributed by atoms with van der Waals surface area (Å²) in [5.74, 6) is 0.649. The number of nitrogens with one attached hydrogen (secondary N) is 1. The number of carbonyl (C=O) groups excluding carboxylic acids is 1. The fraction of sp³-hybridized carbons (Fsp3) is 0.500. The highest BCUT2D eigenvalue weighted by molar-refractivity contribution is 5.80. The van der Waals surface area contributed by atoms with E-state index in [4.69, 9.17) is 10.5 Å². The van der Waals surface area contributed by atoms with E-state index >= 15 is 0 Å². The molecule has 0 saturated heterocycles. The number of aryl methyl sites for hydroxylation is 1. The number of likely N-dealkylation sites (N-methyl/N-ethyl adjacent to an activating group) is 1. The number of ether oxygens (including phenoxy) is 1. The maximum atomic E-state index is 11.6. The molecule has 3 N–H and O–H groups in total. The number of benzene rings is 1. The van der Waals surface area contributed by atoms with Crippen LogP contribution in [0.15, 0.2) is 18.2 Å². The third-order valence-corrected chi connectivity index (χ3v) is 3.27. The van der Waals surface area contributed by atoms with E-state index < -0.39 is 6.10 Å². The largest absolute Gasteiger partial charge is 0.481 e. The Hall–Kier alpha value is -1.55. The second kappa shape index (κ2) is 5.40. The number of rotatable bonds is 4.